The van der Waals surface area contributed by atoms with Crippen LogP contribution in [0.5, 0.6) is 0 Å². The molecule has 0 unspecified atom stereocenters. The van der Waals surface area contributed by atoms with Crippen molar-refractivity contribution in [1.29, 1.82) is 0 Å². The first-order chi connectivity index (χ1) is 9.06. The number of anilines is 2. The van der Waals surface area contributed by atoms with Crippen molar-refractivity contribution in [2.24, 2.45) is 0 Å². The number of amides is 2. The summed E-state index contributed by atoms with van der Waals surface area (Å²) >= 11 is 0.842. The van der Waals surface area contributed by atoms with Crippen molar-refractivity contribution < 1.29 is 19.1 Å². The van der Waals surface area contributed by atoms with Gasteiger partial charge in [0.05, 0.1) is 11.3 Å². The first kappa shape index (κ1) is 12.8. The largest absolute Gasteiger partial charge is 0.478 e. The zero-order chi connectivity index (χ0) is 13.8. The van der Waals surface area contributed by atoms with E-state index in [9.17, 15) is 14.0 Å². The smallest absolute Gasteiger partial charge is 0.335 e. The number of carboxylic acids is 1. The number of urea groups is 1. The van der Waals surface area contributed by atoms with Crippen LogP contribution in [0, 0.1) is 5.82 Å². The molecule has 0 aliphatic rings. The van der Waals surface area contributed by atoms with E-state index in [0.29, 0.717) is 0 Å². The molecule has 0 saturated heterocycles. The van der Waals surface area contributed by atoms with Crippen LogP contribution in [-0.4, -0.2) is 31.9 Å². The van der Waals surface area contributed by atoms with Crippen molar-refractivity contribution in [3.63, 3.8) is 0 Å². The van der Waals surface area contributed by atoms with Crippen molar-refractivity contribution in [2.75, 3.05) is 10.6 Å². The van der Waals surface area contributed by atoms with Gasteiger partial charge < -0.3 is 10.4 Å². The summed E-state index contributed by atoms with van der Waals surface area (Å²) in [6, 6.07) is 2.27. The van der Waals surface area contributed by atoms with E-state index in [-0.39, 0.29) is 16.4 Å². The number of carbonyl (C=O) groups excluding carboxylic acids is 1. The van der Waals surface area contributed by atoms with E-state index in [0.717, 1.165) is 29.7 Å². The van der Waals surface area contributed by atoms with Gasteiger partial charge in [0.25, 0.3) is 0 Å². The lowest BCUT2D eigenvalue weighted by atomic mass is 10.2. The predicted octanol–water partition coefficient (Wildman–Crippen LogP) is 1.41. The van der Waals surface area contributed by atoms with Gasteiger partial charge >= 0.3 is 12.0 Å². The summed E-state index contributed by atoms with van der Waals surface area (Å²) in [5.41, 5.74) is -0.399. The number of nitrogens with zero attached hydrogens (tertiary/aromatic N) is 3. The van der Waals surface area contributed by atoms with Gasteiger partial charge in [0.2, 0.25) is 5.13 Å². The second kappa shape index (κ2) is 5.35. The van der Waals surface area contributed by atoms with Crippen LogP contribution in [0.4, 0.5) is 20.0 Å². The zero-order valence-electron chi connectivity index (χ0n) is 9.12. The summed E-state index contributed by atoms with van der Waals surface area (Å²) in [5, 5.41) is 20.1. The average Bonchev–Trinajstić information content (AvgIpc) is 2.84. The summed E-state index contributed by atoms with van der Waals surface area (Å²) in [4.78, 5) is 22.2. The van der Waals surface area contributed by atoms with Gasteiger partial charge in [0.15, 0.2) is 0 Å². The van der Waals surface area contributed by atoms with Crippen molar-refractivity contribution in [1.82, 2.24) is 14.8 Å². The number of hydrogen-bond donors (Lipinski definition) is 3. The average molecular weight is 283 g/mol. The van der Waals surface area contributed by atoms with E-state index >= 15 is 0 Å². The van der Waals surface area contributed by atoms with Crippen LogP contribution < -0.4 is 10.6 Å². The lowest BCUT2D eigenvalue weighted by Gasteiger charge is -2.06. The molecule has 8 nitrogen and oxygen atoms in total. The molecule has 0 spiro atoms. The standard InChI is InChI=1S/C9H6FN5O3S/c10-5-2-1-4(7(16)17)3-6(5)11-8(18)12-9-13-14-15-19-9/h1-3H,(H,16,17)(H2,11,12,13,15,18). The Balaban J connectivity index is 2.11. The Hall–Kier alpha value is -2.62. The highest BCUT2D eigenvalue weighted by Crippen LogP contribution is 2.17. The highest BCUT2D eigenvalue weighted by Gasteiger charge is 2.12. The van der Waals surface area contributed by atoms with E-state index in [2.05, 4.69) is 25.4 Å². The maximum absolute atomic E-state index is 13.4. The Morgan fingerprint density at radius 2 is 2.11 bits per heavy atom. The molecule has 0 atom stereocenters. The lowest BCUT2D eigenvalue weighted by molar-refractivity contribution is 0.0697. The molecule has 0 fully saturated rings. The van der Waals surface area contributed by atoms with Crippen LogP contribution in [0.15, 0.2) is 18.2 Å². The van der Waals surface area contributed by atoms with Crippen LogP contribution >= 0.6 is 11.5 Å². The Bertz CT molecular complexity index is 618. The number of benzene rings is 1. The Morgan fingerprint density at radius 1 is 1.32 bits per heavy atom. The summed E-state index contributed by atoms with van der Waals surface area (Å²) in [7, 11) is 0. The van der Waals surface area contributed by atoms with Gasteiger partial charge in [-0.15, -0.1) is 0 Å². The fourth-order valence-electron chi connectivity index (χ4n) is 1.19. The molecule has 0 radical (unpaired) electrons. The van der Waals surface area contributed by atoms with Crippen LogP contribution in [0.2, 0.25) is 0 Å². The highest BCUT2D eigenvalue weighted by atomic mass is 32.1. The molecule has 10 heteroatoms. The topological polar surface area (TPSA) is 117 Å². The molecule has 0 aliphatic carbocycles. The third kappa shape index (κ3) is 3.19. The fourth-order valence-corrected chi connectivity index (χ4v) is 1.55. The van der Waals surface area contributed by atoms with E-state index in [4.69, 9.17) is 5.11 Å². The second-order valence-electron chi connectivity index (χ2n) is 3.25. The summed E-state index contributed by atoms with van der Waals surface area (Å²) < 4.78 is 16.8. The highest BCUT2D eigenvalue weighted by molar-refractivity contribution is 7.09. The van der Waals surface area contributed by atoms with Gasteiger partial charge in [-0.1, -0.05) is 9.59 Å². The number of halogens is 1. The van der Waals surface area contributed by atoms with E-state index in [1.54, 1.807) is 0 Å². The fraction of sp³-hybridized carbons (Fsp3) is 0. The molecular formula is C9H6FN5O3S. The maximum atomic E-state index is 13.4. The van der Waals surface area contributed by atoms with Crippen LogP contribution in [0.3, 0.4) is 0 Å². The monoisotopic (exact) mass is 283 g/mol. The van der Waals surface area contributed by atoms with Gasteiger partial charge in [-0.05, 0) is 23.4 Å². The Labute approximate surface area is 109 Å². The third-order valence-electron chi connectivity index (χ3n) is 1.98. The molecule has 0 bridgehead atoms. The lowest BCUT2D eigenvalue weighted by Crippen LogP contribution is -2.20. The van der Waals surface area contributed by atoms with Crippen molar-refractivity contribution in [3.05, 3.63) is 29.6 Å². The van der Waals surface area contributed by atoms with Gasteiger partial charge in [0.1, 0.15) is 5.82 Å². The molecule has 2 rings (SSSR count). The minimum atomic E-state index is -1.23. The van der Waals surface area contributed by atoms with Crippen molar-refractivity contribution in [2.45, 2.75) is 0 Å². The molecular weight excluding hydrogens is 277 g/mol. The SMILES string of the molecule is O=C(Nc1nnns1)Nc1cc(C(=O)O)ccc1F. The Morgan fingerprint density at radius 3 is 2.74 bits per heavy atom. The second-order valence-corrected chi connectivity index (χ2v) is 3.98. The minimum Gasteiger partial charge on any atom is -0.478 e. The molecule has 1 aromatic heterocycles. The Kier molecular flexibility index (Phi) is 3.61. The maximum Gasteiger partial charge on any atom is 0.335 e. The first-order valence-corrected chi connectivity index (χ1v) is 5.59. The van der Waals surface area contributed by atoms with Crippen LogP contribution in [-0.2, 0) is 0 Å². The molecule has 0 aliphatic heterocycles. The molecule has 3 N–H and O–H groups in total. The van der Waals surface area contributed by atoms with Crippen LogP contribution in [0.1, 0.15) is 10.4 Å². The van der Waals surface area contributed by atoms with E-state index in [1.165, 1.54) is 0 Å². The van der Waals surface area contributed by atoms with Gasteiger partial charge in [-0.3, -0.25) is 5.32 Å². The van der Waals surface area contributed by atoms with Crippen LogP contribution in [0.25, 0.3) is 0 Å². The van der Waals surface area contributed by atoms with Crippen molar-refractivity contribution in [3.8, 4) is 0 Å². The number of aromatic nitrogens is 3. The van der Waals surface area contributed by atoms with E-state index < -0.39 is 17.8 Å². The number of aromatic carboxylic acids is 1. The summed E-state index contributed by atoms with van der Waals surface area (Å²) in [5.74, 6) is -1.98. The predicted molar refractivity (Wildman–Crippen MR) is 63.7 cm³/mol. The zero-order valence-corrected chi connectivity index (χ0v) is 9.94. The minimum absolute atomic E-state index is 0.132. The molecule has 2 aromatic rings. The molecule has 98 valence electrons. The molecule has 19 heavy (non-hydrogen) atoms. The van der Waals surface area contributed by atoms with Gasteiger partial charge in [0, 0.05) is 11.5 Å². The number of carboxylic acid groups (broad SMARTS) is 1. The normalized spacial score (nSPS) is 9.95. The number of nitrogens with one attached hydrogen (secondary N) is 2. The quantitative estimate of drug-likeness (QED) is 0.784. The molecule has 0 saturated carbocycles. The van der Waals surface area contributed by atoms with E-state index in [1.807, 2.05) is 0 Å². The van der Waals surface area contributed by atoms with Gasteiger partial charge in [-0.2, -0.15) is 0 Å². The molecule has 2 amide bonds. The van der Waals surface area contributed by atoms with Crippen molar-refractivity contribution >= 4 is 34.4 Å². The van der Waals surface area contributed by atoms with Gasteiger partial charge in [-0.25, -0.2) is 14.0 Å². The number of hydrogen-bond acceptors (Lipinski definition) is 6. The number of carbonyl (C=O) groups is 2. The molecule has 1 aromatic carbocycles. The first-order valence-electron chi connectivity index (χ1n) is 4.82. The molecule has 1 heterocycles. The number of rotatable bonds is 3. The summed E-state index contributed by atoms with van der Waals surface area (Å²) in [6.07, 6.45) is 0. The third-order valence-corrected chi connectivity index (χ3v) is 2.49. The summed E-state index contributed by atoms with van der Waals surface area (Å²) in [6.45, 7) is 0.